The molecule has 3 aromatic rings. The molecule has 1 fully saturated rings. The summed E-state index contributed by atoms with van der Waals surface area (Å²) < 4.78 is 25.4. The van der Waals surface area contributed by atoms with Crippen molar-refractivity contribution in [1.29, 1.82) is 10.5 Å². The van der Waals surface area contributed by atoms with E-state index >= 15 is 0 Å². The van der Waals surface area contributed by atoms with Gasteiger partial charge in [-0.25, -0.2) is 8.42 Å². The maximum atomic E-state index is 11.8. The number of sulfone groups is 1. The summed E-state index contributed by atoms with van der Waals surface area (Å²) in [6.45, 7) is 4.22. The summed E-state index contributed by atoms with van der Waals surface area (Å²) in [5, 5.41) is 26.3. The number of benzene rings is 1. The third-order valence-corrected chi connectivity index (χ3v) is 8.08. The van der Waals surface area contributed by atoms with E-state index in [2.05, 4.69) is 39.6 Å². The summed E-state index contributed by atoms with van der Waals surface area (Å²) >= 11 is 0. The monoisotopic (exact) mass is 500 g/mol. The topological polar surface area (TPSA) is 124 Å². The van der Waals surface area contributed by atoms with Crippen LogP contribution in [-0.2, 0) is 21.8 Å². The molecule has 0 radical (unpaired) electrons. The number of fused-ring (bicyclic) bond motifs is 1. The molecule has 8 nitrogen and oxygen atoms in total. The number of pyridine rings is 1. The molecule has 0 spiro atoms. The first kappa shape index (κ1) is 25.1. The van der Waals surface area contributed by atoms with Crippen molar-refractivity contribution in [2.24, 2.45) is 0 Å². The van der Waals surface area contributed by atoms with E-state index in [0.717, 1.165) is 28.0 Å². The van der Waals surface area contributed by atoms with E-state index in [-0.39, 0.29) is 24.1 Å². The first-order valence-electron chi connectivity index (χ1n) is 11.8. The number of anilines is 2. The fourth-order valence-electron chi connectivity index (χ4n) is 4.22. The summed E-state index contributed by atoms with van der Waals surface area (Å²) in [4.78, 5) is 4.38. The number of hydrogen-bond donors (Lipinski definition) is 2. The molecule has 0 atom stereocenters. The number of aromatic nitrogens is 2. The lowest BCUT2D eigenvalue weighted by atomic mass is 9.91. The van der Waals surface area contributed by atoms with Crippen LogP contribution in [0.5, 0.6) is 0 Å². The van der Waals surface area contributed by atoms with Crippen LogP contribution in [0.4, 0.5) is 11.4 Å². The summed E-state index contributed by atoms with van der Waals surface area (Å²) in [5.74, 6) is 6.70. The Morgan fingerprint density at radius 1 is 1.17 bits per heavy atom. The fraction of sp³-hybridized carbons (Fsp3) is 0.370. The Morgan fingerprint density at radius 2 is 1.94 bits per heavy atom. The normalized spacial score (nSPS) is 15.3. The van der Waals surface area contributed by atoms with Gasteiger partial charge in [0.15, 0.2) is 0 Å². The van der Waals surface area contributed by atoms with E-state index in [1.54, 1.807) is 6.20 Å². The molecule has 1 aliphatic heterocycles. The third-order valence-electron chi connectivity index (χ3n) is 6.37. The van der Waals surface area contributed by atoms with E-state index < -0.39 is 15.3 Å². The molecule has 0 amide bonds. The van der Waals surface area contributed by atoms with Gasteiger partial charge in [0.1, 0.15) is 16.4 Å². The van der Waals surface area contributed by atoms with Gasteiger partial charge in [-0.05, 0) is 62.9 Å². The van der Waals surface area contributed by atoms with E-state index in [4.69, 9.17) is 0 Å². The van der Waals surface area contributed by atoms with Crippen LogP contribution in [0.2, 0.25) is 0 Å². The molecule has 1 saturated heterocycles. The molecule has 0 aliphatic carbocycles. The van der Waals surface area contributed by atoms with Gasteiger partial charge in [0, 0.05) is 17.1 Å². The van der Waals surface area contributed by atoms with Gasteiger partial charge in [-0.1, -0.05) is 12.0 Å². The summed E-state index contributed by atoms with van der Waals surface area (Å²) in [6, 6.07) is 16.1. The average molecular weight is 501 g/mol. The lowest BCUT2D eigenvalue weighted by Gasteiger charge is -2.24. The molecular formula is C27H28N6O2S. The van der Waals surface area contributed by atoms with Crippen molar-refractivity contribution in [3.05, 3.63) is 54.0 Å². The lowest BCUT2D eigenvalue weighted by molar-refractivity contribution is 0.560. The first-order chi connectivity index (χ1) is 17.2. The largest absolute Gasteiger partial charge is 0.382 e. The zero-order valence-electron chi connectivity index (χ0n) is 20.4. The number of nitriles is 2. The van der Waals surface area contributed by atoms with Gasteiger partial charge in [0.05, 0.1) is 64.4 Å². The second-order valence-electron chi connectivity index (χ2n) is 9.41. The maximum Gasteiger partial charge on any atom is 0.150 e. The van der Waals surface area contributed by atoms with Gasteiger partial charge < -0.3 is 15.2 Å². The Kier molecular flexibility index (Phi) is 7.20. The highest BCUT2D eigenvalue weighted by Gasteiger charge is 2.24. The smallest absolute Gasteiger partial charge is 0.150 e. The molecule has 1 aromatic carbocycles. The predicted molar refractivity (Wildman–Crippen MR) is 141 cm³/mol. The summed E-state index contributed by atoms with van der Waals surface area (Å²) in [5.41, 5.74) is 3.43. The second kappa shape index (κ2) is 10.3. The number of nitrogens with one attached hydrogen (secondary N) is 2. The van der Waals surface area contributed by atoms with Gasteiger partial charge in [-0.2, -0.15) is 10.5 Å². The van der Waals surface area contributed by atoms with Crippen LogP contribution in [0.3, 0.4) is 0 Å². The van der Waals surface area contributed by atoms with Crippen molar-refractivity contribution in [3.63, 3.8) is 0 Å². The quantitative estimate of drug-likeness (QED) is 0.493. The number of rotatable bonds is 6. The van der Waals surface area contributed by atoms with E-state index in [9.17, 15) is 18.9 Å². The van der Waals surface area contributed by atoms with Crippen LogP contribution in [-0.4, -0.2) is 42.1 Å². The van der Waals surface area contributed by atoms with Crippen molar-refractivity contribution in [2.45, 2.75) is 44.7 Å². The highest BCUT2D eigenvalue weighted by molar-refractivity contribution is 7.91. The minimum Gasteiger partial charge on any atom is -0.382 e. The van der Waals surface area contributed by atoms with Crippen LogP contribution in [0.25, 0.3) is 10.9 Å². The lowest BCUT2D eigenvalue weighted by Crippen LogP contribution is -2.32. The Bertz CT molecular complexity index is 1500. The van der Waals surface area contributed by atoms with Gasteiger partial charge in [-0.15, -0.1) is 0 Å². The second-order valence-corrected chi connectivity index (χ2v) is 11.7. The van der Waals surface area contributed by atoms with Crippen LogP contribution in [0.1, 0.15) is 38.1 Å². The van der Waals surface area contributed by atoms with Crippen LogP contribution in [0, 0.1) is 34.5 Å². The van der Waals surface area contributed by atoms with E-state index in [0.29, 0.717) is 25.1 Å². The molecule has 0 saturated carbocycles. The molecule has 0 bridgehead atoms. The predicted octanol–water partition coefficient (Wildman–Crippen LogP) is 3.81. The highest BCUT2D eigenvalue weighted by atomic mass is 32.2. The van der Waals surface area contributed by atoms with E-state index in [1.807, 2.05) is 54.8 Å². The Balaban J connectivity index is 1.50. The van der Waals surface area contributed by atoms with Crippen molar-refractivity contribution >= 4 is 32.1 Å². The number of nitrogens with zero attached hydrogens (tertiary/aromatic N) is 4. The van der Waals surface area contributed by atoms with Crippen molar-refractivity contribution in [3.8, 4) is 24.0 Å². The SMILES string of the molecule is CC(C)(C#N)c1ccc(NCC#Cc2cc3c(NC4CCS(=O)(=O)CC4)cccc3n2CC#N)cn1. The molecule has 3 heterocycles. The zero-order chi connectivity index (χ0) is 25.8. The molecule has 36 heavy (non-hydrogen) atoms. The van der Waals surface area contributed by atoms with Crippen molar-refractivity contribution in [2.75, 3.05) is 28.7 Å². The van der Waals surface area contributed by atoms with E-state index in [1.165, 1.54) is 0 Å². The third kappa shape index (κ3) is 5.62. The molecule has 2 aromatic heterocycles. The molecule has 9 heteroatoms. The van der Waals surface area contributed by atoms with Gasteiger partial charge in [0.25, 0.3) is 0 Å². The van der Waals surface area contributed by atoms with Gasteiger partial charge >= 0.3 is 0 Å². The van der Waals surface area contributed by atoms with Crippen LogP contribution in [0.15, 0.2) is 42.6 Å². The van der Waals surface area contributed by atoms with Crippen LogP contribution < -0.4 is 10.6 Å². The average Bonchev–Trinajstić information content (AvgIpc) is 3.22. The zero-order valence-corrected chi connectivity index (χ0v) is 21.2. The minimum absolute atomic E-state index is 0.0934. The Hall–Kier alpha value is -4.00. The molecular weight excluding hydrogens is 472 g/mol. The Morgan fingerprint density at radius 3 is 2.61 bits per heavy atom. The molecule has 4 rings (SSSR count). The molecule has 184 valence electrons. The number of hydrogen-bond acceptors (Lipinski definition) is 7. The summed E-state index contributed by atoms with van der Waals surface area (Å²) in [6.07, 6.45) is 2.86. The standard InChI is InChI=1S/C27H28N6O2S/c1-27(2,19-29)26-9-8-21(18-31-26)30-13-4-5-22-17-23-24(6-3-7-25(23)33(22)14-12-28)32-20-10-15-36(34,35)16-11-20/h3,6-9,17-18,20,30,32H,10-11,13-16H2,1-2H3. The highest BCUT2D eigenvalue weighted by Crippen LogP contribution is 2.29. The molecule has 0 unspecified atom stereocenters. The van der Waals surface area contributed by atoms with Crippen LogP contribution >= 0.6 is 0 Å². The minimum atomic E-state index is -2.92. The fourth-order valence-corrected chi connectivity index (χ4v) is 5.71. The molecule has 2 N–H and O–H groups in total. The van der Waals surface area contributed by atoms with Gasteiger partial charge in [0.2, 0.25) is 0 Å². The Labute approximate surface area is 211 Å². The maximum absolute atomic E-state index is 11.8. The van der Waals surface area contributed by atoms with Crippen molar-refractivity contribution < 1.29 is 8.42 Å². The van der Waals surface area contributed by atoms with Crippen molar-refractivity contribution in [1.82, 2.24) is 9.55 Å². The first-order valence-corrected chi connectivity index (χ1v) is 13.6. The summed E-state index contributed by atoms with van der Waals surface area (Å²) in [7, 11) is -2.92. The van der Waals surface area contributed by atoms with Gasteiger partial charge in [-0.3, -0.25) is 4.98 Å². The molecule has 1 aliphatic rings.